The highest BCUT2D eigenvalue weighted by atomic mass is 15.3. The number of hydrogen-bond donors (Lipinski definition) is 0. The summed E-state index contributed by atoms with van der Waals surface area (Å²) in [4.78, 5) is 0. The summed E-state index contributed by atoms with van der Waals surface area (Å²) in [6, 6.07) is 27.9. The Balaban J connectivity index is 1.95. The van der Waals surface area contributed by atoms with Crippen LogP contribution in [0.15, 0.2) is 84.9 Å². The van der Waals surface area contributed by atoms with E-state index in [-0.39, 0.29) is 0 Å². The molecule has 0 saturated heterocycles. The van der Waals surface area contributed by atoms with E-state index in [1.54, 1.807) is 0 Å². The van der Waals surface area contributed by atoms with Crippen molar-refractivity contribution in [3.8, 4) is 28.5 Å². The van der Waals surface area contributed by atoms with E-state index in [0.29, 0.717) is 0 Å². The van der Waals surface area contributed by atoms with E-state index in [2.05, 4.69) is 26.9 Å². The van der Waals surface area contributed by atoms with Gasteiger partial charge in [0.15, 0.2) is 11.6 Å². The van der Waals surface area contributed by atoms with Gasteiger partial charge in [-0.15, -0.1) is 10.2 Å². The molecular formula is C20H14BN3. The maximum absolute atomic E-state index is 5.81. The zero-order valence-electron chi connectivity index (χ0n) is 13.0. The van der Waals surface area contributed by atoms with Crippen LogP contribution >= 0.6 is 0 Å². The summed E-state index contributed by atoms with van der Waals surface area (Å²) < 4.78 is 2.07. The summed E-state index contributed by atoms with van der Waals surface area (Å²) in [5.74, 6) is 1.61. The van der Waals surface area contributed by atoms with E-state index in [0.717, 1.165) is 33.9 Å². The molecule has 0 N–H and O–H groups in total. The van der Waals surface area contributed by atoms with Crippen LogP contribution in [0.25, 0.3) is 28.5 Å². The second-order valence-corrected chi connectivity index (χ2v) is 5.51. The minimum atomic E-state index is 0.729. The summed E-state index contributed by atoms with van der Waals surface area (Å²) in [5, 5.41) is 8.88. The van der Waals surface area contributed by atoms with Crippen LogP contribution in [0.2, 0.25) is 0 Å². The number of hydrogen-bond acceptors (Lipinski definition) is 2. The molecular weight excluding hydrogens is 293 g/mol. The second kappa shape index (κ2) is 6.16. The molecule has 0 aliphatic rings. The topological polar surface area (TPSA) is 30.7 Å². The third kappa shape index (κ3) is 2.63. The van der Waals surface area contributed by atoms with Crippen LogP contribution in [0.5, 0.6) is 0 Å². The lowest BCUT2D eigenvalue weighted by Gasteiger charge is -2.11. The predicted molar refractivity (Wildman–Crippen MR) is 97.6 cm³/mol. The van der Waals surface area contributed by atoms with Gasteiger partial charge in [-0.1, -0.05) is 78.3 Å². The average Bonchev–Trinajstić information content (AvgIpc) is 3.09. The lowest BCUT2D eigenvalue weighted by atomic mass is 9.95. The van der Waals surface area contributed by atoms with Crippen molar-refractivity contribution < 1.29 is 0 Å². The molecule has 0 saturated carbocycles. The van der Waals surface area contributed by atoms with Crippen molar-refractivity contribution >= 4 is 13.3 Å². The van der Waals surface area contributed by atoms with Gasteiger partial charge in [-0.05, 0) is 12.1 Å². The van der Waals surface area contributed by atoms with Gasteiger partial charge in [0.05, 0.1) is 0 Å². The normalized spacial score (nSPS) is 10.7. The zero-order chi connectivity index (χ0) is 16.4. The van der Waals surface area contributed by atoms with Gasteiger partial charge < -0.3 is 0 Å². The number of aromatic nitrogens is 3. The van der Waals surface area contributed by atoms with E-state index in [1.165, 1.54) is 0 Å². The SMILES string of the molecule is [B]c1ccc(-c2nnc(-c3ccccc3)n2-c2ccccc2)cc1. The van der Waals surface area contributed by atoms with Crippen LogP contribution in [-0.4, -0.2) is 22.6 Å². The van der Waals surface area contributed by atoms with Gasteiger partial charge in [0.2, 0.25) is 0 Å². The zero-order valence-corrected chi connectivity index (χ0v) is 13.0. The Kier molecular flexibility index (Phi) is 3.71. The fourth-order valence-electron chi connectivity index (χ4n) is 2.70. The van der Waals surface area contributed by atoms with Crippen molar-refractivity contribution in [3.63, 3.8) is 0 Å². The molecule has 0 atom stereocenters. The summed E-state index contributed by atoms with van der Waals surface area (Å²) in [6.07, 6.45) is 0. The number of para-hydroxylation sites is 1. The maximum atomic E-state index is 5.81. The molecule has 0 unspecified atom stereocenters. The molecule has 1 aromatic heterocycles. The molecule has 24 heavy (non-hydrogen) atoms. The van der Waals surface area contributed by atoms with Gasteiger partial charge in [-0.2, -0.15) is 0 Å². The standard InChI is InChI=1S/C20H14BN3/c21-17-13-11-16(12-14-17)20-23-22-19(15-7-3-1-4-8-15)24(20)18-9-5-2-6-10-18/h1-14H. The Bertz CT molecular complexity index is 945. The molecule has 1 heterocycles. The first kappa shape index (κ1) is 14.5. The largest absolute Gasteiger partial charge is 0.275 e. The minimum Gasteiger partial charge on any atom is -0.275 e. The summed E-state index contributed by atoms with van der Waals surface area (Å²) in [6.45, 7) is 0. The molecule has 0 spiro atoms. The Morgan fingerprint density at radius 1 is 0.583 bits per heavy atom. The van der Waals surface area contributed by atoms with Gasteiger partial charge in [0.1, 0.15) is 7.85 Å². The van der Waals surface area contributed by atoms with Crippen LogP contribution in [0.3, 0.4) is 0 Å². The number of rotatable bonds is 3. The van der Waals surface area contributed by atoms with Crippen LogP contribution in [0, 0.1) is 0 Å². The summed E-state index contributed by atoms with van der Waals surface area (Å²) in [7, 11) is 5.81. The molecule has 112 valence electrons. The molecule has 2 radical (unpaired) electrons. The molecule has 4 heteroatoms. The van der Waals surface area contributed by atoms with Gasteiger partial charge in [0, 0.05) is 16.8 Å². The molecule has 0 aliphatic heterocycles. The molecule has 3 aromatic carbocycles. The Morgan fingerprint density at radius 3 is 1.67 bits per heavy atom. The Hall–Kier alpha value is -3.14. The Labute approximate surface area is 142 Å². The minimum absolute atomic E-state index is 0.729. The third-order valence-corrected chi connectivity index (χ3v) is 3.88. The molecule has 0 aliphatic carbocycles. The highest BCUT2D eigenvalue weighted by Crippen LogP contribution is 2.27. The van der Waals surface area contributed by atoms with Crippen molar-refractivity contribution in [2.24, 2.45) is 0 Å². The quantitative estimate of drug-likeness (QED) is 0.543. The molecule has 3 nitrogen and oxygen atoms in total. The highest BCUT2D eigenvalue weighted by Gasteiger charge is 2.16. The van der Waals surface area contributed by atoms with E-state index in [4.69, 9.17) is 7.85 Å². The monoisotopic (exact) mass is 307 g/mol. The van der Waals surface area contributed by atoms with Gasteiger partial charge in [0.25, 0.3) is 0 Å². The van der Waals surface area contributed by atoms with Crippen molar-refractivity contribution in [1.82, 2.24) is 14.8 Å². The smallest absolute Gasteiger partial charge is 0.168 e. The first-order chi connectivity index (χ1) is 11.8. The van der Waals surface area contributed by atoms with Crippen molar-refractivity contribution in [2.45, 2.75) is 0 Å². The predicted octanol–water partition coefficient (Wildman–Crippen LogP) is 3.40. The van der Waals surface area contributed by atoms with E-state index < -0.39 is 0 Å². The molecule has 4 rings (SSSR count). The fourth-order valence-corrected chi connectivity index (χ4v) is 2.70. The van der Waals surface area contributed by atoms with Gasteiger partial charge >= 0.3 is 0 Å². The molecule has 0 fully saturated rings. The number of benzene rings is 3. The van der Waals surface area contributed by atoms with Crippen LogP contribution < -0.4 is 5.46 Å². The fraction of sp³-hybridized carbons (Fsp3) is 0. The lowest BCUT2D eigenvalue weighted by molar-refractivity contribution is 1.07. The van der Waals surface area contributed by atoms with E-state index in [1.807, 2.05) is 72.8 Å². The highest BCUT2D eigenvalue weighted by molar-refractivity contribution is 6.32. The summed E-state index contributed by atoms with van der Waals surface area (Å²) in [5.41, 5.74) is 3.75. The third-order valence-electron chi connectivity index (χ3n) is 3.88. The van der Waals surface area contributed by atoms with E-state index in [9.17, 15) is 0 Å². The maximum Gasteiger partial charge on any atom is 0.168 e. The van der Waals surface area contributed by atoms with E-state index >= 15 is 0 Å². The lowest BCUT2D eigenvalue weighted by Crippen LogP contribution is -2.03. The van der Waals surface area contributed by atoms with Gasteiger partial charge in [-0.25, -0.2) is 0 Å². The average molecular weight is 307 g/mol. The molecule has 0 bridgehead atoms. The van der Waals surface area contributed by atoms with Crippen LogP contribution in [0.1, 0.15) is 0 Å². The van der Waals surface area contributed by atoms with Crippen molar-refractivity contribution in [2.75, 3.05) is 0 Å². The summed E-state index contributed by atoms with van der Waals surface area (Å²) >= 11 is 0. The first-order valence-corrected chi connectivity index (χ1v) is 7.75. The van der Waals surface area contributed by atoms with Gasteiger partial charge in [-0.3, -0.25) is 4.57 Å². The molecule has 4 aromatic rings. The second-order valence-electron chi connectivity index (χ2n) is 5.51. The molecule has 0 amide bonds. The van der Waals surface area contributed by atoms with Crippen molar-refractivity contribution in [3.05, 3.63) is 84.9 Å². The number of nitrogens with zero attached hydrogens (tertiary/aromatic N) is 3. The van der Waals surface area contributed by atoms with Crippen LogP contribution in [0.4, 0.5) is 0 Å². The first-order valence-electron chi connectivity index (χ1n) is 7.75. The Morgan fingerprint density at radius 2 is 1.08 bits per heavy atom. The van der Waals surface area contributed by atoms with Crippen LogP contribution in [-0.2, 0) is 0 Å². The van der Waals surface area contributed by atoms with Crippen molar-refractivity contribution in [1.29, 1.82) is 0 Å².